The summed E-state index contributed by atoms with van der Waals surface area (Å²) < 4.78 is 1.14. The Morgan fingerprint density at radius 1 is 1.21 bits per heavy atom. The second kappa shape index (κ2) is 8.72. The molecular weight excluding hydrogens is 300 g/mol. The molecule has 0 saturated carbocycles. The van der Waals surface area contributed by atoms with E-state index >= 15 is 0 Å². The van der Waals surface area contributed by atoms with Gasteiger partial charge in [-0.3, -0.25) is 0 Å². The van der Waals surface area contributed by atoms with Crippen molar-refractivity contribution in [2.45, 2.75) is 33.2 Å². The Balaban J connectivity index is 2.55. The molecular formula is C16H27BrN2. The molecule has 108 valence electrons. The third-order valence-electron chi connectivity index (χ3n) is 3.20. The van der Waals surface area contributed by atoms with E-state index in [9.17, 15) is 0 Å². The third-order valence-corrected chi connectivity index (χ3v) is 3.73. The molecule has 1 N–H and O–H groups in total. The standard InChI is InChI=1S/C16H27BrN2/c1-5-18-16(10-11-19(4)12-13(2)3)14-6-8-15(17)9-7-14/h6-9,13,16,18H,5,10-12H2,1-4H3. The van der Waals surface area contributed by atoms with Gasteiger partial charge in [0.2, 0.25) is 0 Å². The minimum absolute atomic E-state index is 0.452. The molecule has 1 atom stereocenters. The van der Waals surface area contributed by atoms with E-state index in [1.54, 1.807) is 0 Å². The average Bonchev–Trinajstić information content (AvgIpc) is 2.35. The molecule has 1 aromatic carbocycles. The Morgan fingerprint density at radius 3 is 2.37 bits per heavy atom. The predicted molar refractivity (Wildman–Crippen MR) is 87.5 cm³/mol. The van der Waals surface area contributed by atoms with Gasteiger partial charge >= 0.3 is 0 Å². The molecule has 2 nitrogen and oxygen atoms in total. The summed E-state index contributed by atoms with van der Waals surface area (Å²) in [5, 5.41) is 3.59. The first-order chi connectivity index (χ1) is 9.02. The van der Waals surface area contributed by atoms with Gasteiger partial charge < -0.3 is 10.2 Å². The van der Waals surface area contributed by atoms with Crippen molar-refractivity contribution in [1.29, 1.82) is 0 Å². The van der Waals surface area contributed by atoms with Crippen molar-refractivity contribution in [3.8, 4) is 0 Å². The quantitative estimate of drug-likeness (QED) is 0.774. The van der Waals surface area contributed by atoms with Crippen molar-refractivity contribution in [1.82, 2.24) is 10.2 Å². The van der Waals surface area contributed by atoms with Gasteiger partial charge in [0.1, 0.15) is 0 Å². The smallest absolute Gasteiger partial charge is 0.0332 e. The molecule has 1 unspecified atom stereocenters. The maximum Gasteiger partial charge on any atom is 0.0332 e. The van der Waals surface area contributed by atoms with Crippen LogP contribution in [0.2, 0.25) is 0 Å². The Hall–Kier alpha value is -0.380. The Bertz CT molecular complexity index is 348. The fraction of sp³-hybridized carbons (Fsp3) is 0.625. The minimum atomic E-state index is 0.452. The van der Waals surface area contributed by atoms with E-state index in [0.29, 0.717) is 6.04 Å². The largest absolute Gasteiger partial charge is 0.310 e. The number of hydrogen-bond donors (Lipinski definition) is 1. The predicted octanol–water partition coefficient (Wildman–Crippen LogP) is 4.08. The van der Waals surface area contributed by atoms with Crippen molar-refractivity contribution in [2.24, 2.45) is 5.92 Å². The van der Waals surface area contributed by atoms with Crippen LogP contribution in [0.15, 0.2) is 28.7 Å². The average molecular weight is 327 g/mol. The number of benzene rings is 1. The van der Waals surface area contributed by atoms with Gasteiger partial charge in [-0.25, -0.2) is 0 Å². The van der Waals surface area contributed by atoms with Crippen LogP contribution in [0.1, 0.15) is 38.8 Å². The Labute approximate surface area is 126 Å². The summed E-state index contributed by atoms with van der Waals surface area (Å²) in [5.74, 6) is 0.732. The molecule has 0 heterocycles. The van der Waals surface area contributed by atoms with Gasteiger partial charge in [-0.05, 0) is 50.2 Å². The molecule has 1 rings (SSSR count). The molecule has 0 aliphatic heterocycles. The molecule has 0 aliphatic carbocycles. The number of nitrogens with one attached hydrogen (secondary N) is 1. The molecule has 0 bridgehead atoms. The lowest BCUT2D eigenvalue weighted by Crippen LogP contribution is -2.29. The summed E-state index contributed by atoms with van der Waals surface area (Å²) in [5.41, 5.74) is 1.38. The molecule has 0 fully saturated rings. The zero-order valence-corrected chi connectivity index (χ0v) is 14.2. The van der Waals surface area contributed by atoms with Crippen LogP contribution in [0.3, 0.4) is 0 Å². The molecule has 0 saturated heterocycles. The first kappa shape index (κ1) is 16.7. The molecule has 0 radical (unpaired) electrons. The van der Waals surface area contributed by atoms with Crippen LogP contribution in [0.5, 0.6) is 0 Å². The van der Waals surface area contributed by atoms with Crippen LogP contribution in [-0.2, 0) is 0 Å². The zero-order valence-electron chi connectivity index (χ0n) is 12.6. The van der Waals surface area contributed by atoms with Gasteiger partial charge in [-0.15, -0.1) is 0 Å². The molecule has 3 heteroatoms. The van der Waals surface area contributed by atoms with Crippen LogP contribution < -0.4 is 5.32 Å². The Morgan fingerprint density at radius 2 is 1.84 bits per heavy atom. The summed E-state index contributed by atoms with van der Waals surface area (Å²) in [4.78, 5) is 2.42. The van der Waals surface area contributed by atoms with Gasteiger partial charge in [0.15, 0.2) is 0 Å². The summed E-state index contributed by atoms with van der Waals surface area (Å²) in [6.07, 6.45) is 1.15. The third kappa shape index (κ3) is 6.55. The summed E-state index contributed by atoms with van der Waals surface area (Å²) in [6, 6.07) is 9.11. The highest BCUT2D eigenvalue weighted by Crippen LogP contribution is 2.20. The van der Waals surface area contributed by atoms with Crippen LogP contribution in [0.4, 0.5) is 0 Å². The van der Waals surface area contributed by atoms with E-state index in [1.807, 2.05) is 0 Å². The van der Waals surface area contributed by atoms with E-state index in [4.69, 9.17) is 0 Å². The van der Waals surface area contributed by atoms with E-state index in [0.717, 1.165) is 29.9 Å². The number of nitrogens with zero attached hydrogens (tertiary/aromatic N) is 1. The summed E-state index contributed by atoms with van der Waals surface area (Å²) in [7, 11) is 2.21. The zero-order chi connectivity index (χ0) is 14.3. The van der Waals surface area contributed by atoms with Crippen molar-refractivity contribution in [2.75, 3.05) is 26.7 Å². The highest BCUT2D eigenvalue weighted by molar-refractivity contribution is 9.10. The Kier molecular flexibility index (Phi) is 7.66. The summed E-state index contributed by atoms with van der Waals surface area (Å²) in [6.45, 7) is 10.0. The molecule has 0 amide bonds. The van der Waals surface area contributed by atoms with Gasteiger partial charge in [-0.1, -0.05) is 48.8 Å². The van der Waals surface area contributed by atoms with E-state index < -0.39 is 0 Å². The maximum absolute atomic E-state index is 3.59. The topological polar surface area (TPSA) is 15.3 Å². The van der Waals surface area contributed by atoms with Gasteiger partial charge in [-0.2, -0.15) is 0 Å². The first-order valence-corrected chi connectivity index (χ1v) is 7.99. The number of rotatable bonds is 8. The lowest BCUT2D eigenvalue weighted by atomic mass is 10.0. The van der Waals surface area contributed by atoms with Crippen molar-refractivity contribution >= 4 is 15.9 Å². The van der Waals surface area contributed by atoms with Crippen molar-refractivity contribution in [3.63, 3.8) is 0 Å². The fourth-order valence-corrected chi connectivity index (χ4v) is 2.66. The number of halogens is 1. The van der Waals surface area contributed by atoms with Crippen LogP contribution in [-0.4, -0.2) is 31.6 Å². The minimum Gasteiger partial charge on any atom is -0.310 e. The fourth-order valence-electron chi connectivity index (χ4n) is 2.39. The monoisotopic (exact) mass is 326 g/mol. The normalized spacial score (nSPS) is 13.2. The second-order valence-electron chi connectivity index (χ2n) is 5.61. The van der Waals surface area contributed by atoms with Crippen LogP contribution in [0.25, 0.3) is 0 Å². The van der Waals surface area contributed by atoms with E-state index in [1.165, 1.54) is 12.1 Å². The van der Waals surface area contributed by atoms with Gasteiger partial charge in [0.05, 0.1) is 0 Å². The van der Waals surface area contributed by atoms with Crippen LogP contribution in [0, 0.1) is 5.92 Å². The highest BCUT2D eigenvalue weighted by atomic mass is 79.9. The van der Waals surface area contributed by atoms with Crippen molar-refractivity contribution < 1.29 is 0 Å². The molecule has 1 aromatic rings. The van der Waals surface area contributed by atoms with Gasteiger partial charge in [0.25, 0.3) is 0 Å². The van der Waals surface area contributed by atoms with Gasteiger partial charge in [0, 0.05) is 17.1 Å². The lowest BCUT2D eigenvalue weighted by Gasteiger charge is -2.24. The van der Waals surface area contributed by atoms with Crippen molar-refractivity contribution in [3.05, 3.63) is 34.3 Å². The SMILES string of the molecule is CCNC(CCN(C)CC(C)C)c1ccc(Br)cc1. The second-order valence-corrected chi connectivity index (χ2v) is 6.52. The van der Waals surface area contributed by atoms with E-state index in [-0.39, 0.29) is 0 Å². The lowest BCUT2D eigenvalue weighted by molar-refractivity contribution is 0.277. The molecule has 19 heavy (non-hydrogen) atoms. The van der Waals surface area contributed by atoms with E-state index in [2.05, 4.69) is 78.2 Å². The first-order valence-electron chi connectivity index (χ1n) is 7.20. The molecule has 0 aromatic heterocycles. The maximum atomic E-state index is 3.59. The molecule has 0 aliphatic rings. The van der Waals surface area contributed by atoms with Crippen LogP contribution >= 0.6 is 15.9 Å². The summed E-state index contributed by atoms with van der Waals surface area (Å²) >= 11 is 3.49. The number of hydrogen-bond acceptors (Lipinski definition) is 2. The highest BCUT2D eigenvalue weighted by Gasteiger charge is 2.11. The molecule has 0 spiro atoms.